The molecule has 4 unspecified atom stereocenters. The van der Waals surface area contributed by atoms with Crippen LogP contribution in [0.2, 0.25) is 0 Å². The van der Waals surface area contributed by atoms with E-state index >= 15 is 0 Å². The highest BCUT2D eigenvalue weighted by Gasteiger charge is 2.36. The molecule has 1 aliphatic rings. The fourth-order valence-corrected chi connectivity index (χ4v) is 6.09. The Morgan fingerprint density at radius 1 is 1.05 bits per heavy atom. The summed E-state index contributed by atoms with van der Waals surface area (Å²) in [6, 6.07) is 27.2. The number of piperidine rings is 1. The molecule has 4 aromatic rings. The lowest BCUT2D eigenvalue weighted by molar-refractivity contribution is -0.00353. The molecule has 196 valence electrons. The van der Waals surface area contributed by atoms with Crippen LogP contribution in [0.25, 0.3) is 22.0 Å². The van der Waals surface area contributed by atoms with Gasteiger partial charge in [0.1, 0.15) is 5.75 Å². The molecule has 5 rings (SSSR count). The maximum absolute atomic E-state index is 12.0. The van der Waals surface area contributed by atoms with E-state index in [1.807, 2.05) is 30.3 Å². The molecule has 2 heterocycles. The monoisotopic (exact) mass is 506 g/mol. The van der Waals surface area contributed by atoms with Crippen molar-refractivity contribution in [3.63, 3.8) is 0 Å². The number of fused-ring (bicyclic) bond motifs is 1. The highest BCUT2D eigenvalue weighted by Crippen LogP contribution is 2.39. The van der Waals surface area contributed by atoms with Crippen molar-refractivity contribution in [2.75, 3.05) is 13.7 Å². The predicted molar refractivity (Wildman–Crippen MR) is 156 cm³/mol. The number of hydrogen-bond acceptors (Lipinski definition) is 4. The first-order valence-electron chi connectivity index (χ1n) is 13.7. The van der Waals surface area contributed by atoms with Crippen molar-refractivity contribution in [1.29, 1.82) is 0 Å². The van der Waals surface area contributed by atoms with Gasteiger partial charge in [-0.15, -0.1) is 6.58 Å². The number of methoxy groups -OCH3 is 1. The number of ether oxygens (including phenoxy) is 1. The number of aliphatic hydroxyl groups excluding tert-OH is 1. The van der Waals surface area contributed by atoms with Gasteiger partial charge in [-0.2, -0.15) is 0 Å². The second-order valence-electron chi connectivity index (χ2n) is 10.4. The number of allylic oxidation sites excluding steroid dienone is 1. The van der Waals surface area contributed by atoms with Crippen molar-refractivity contribution >= 4 is 10.9 Å². The first kappa shape index (κ1) is 26.1. The molecule has 1 aromatic heterocycles. The van der Waals surface area contributed by atoms with Gasteiger partial charge in [0.25, 0.3) is 0 Å². The minimum Gasteiger partial charge on any atom is -0.497 e. The van der Waals surface area contributed by atoms with E-state index in [9.17, 15) is 5.11 Å². The van der Waals surface area contributed by atoms with Gasteiger partial charge in [0, 0.05) is 24.2 Å². The van der Waals surface area contributed by atoms with Crippen LogP contribution in [0.1, 0.15) is 43.4 Å². The van der Waals surface area contributed by atoms with Gasteiger partial charge in [-0.25, -0.2) is 0 Å². The number of nitrogens with zero attached hydrogens (tertiary/aromatic N) is 2. The fraction of sp³-hybridized carbons (Fsp3) is 0.324. The second-order valence-corrected chi connectivity index (χ2v) is 10.4. The molecule has 38 heavy (non-hydrogen) atoms. The van der Waals surface area contributed by atoms with E-state index in [-0.39, 0.29) is 6.04 Å². The third-order valence-electron chi connectivity index (χ3n) is 8.29. The number of pyridine rings is 1. The van der Waals surface area contributed by atoms with Gasteiger partial charge in [0.2, 0.25) is 0 Å². The summed E-state index contributed by atoms with van der Waals surface area (Å²) < 4.78 is 5.49. The highest BCUT2D eigenvalue weighted by molar-refractivity contribution is 5.84. The van der Waals surface area contributed by atoms with E-state index in [2.05, 4.69) is 78.0 Å². The van der Waals surface area contributed by atoms with E-state index in [0.29, 0.717) is 11.8 Å². The van der Waals surface area contributed by atoms with Gasteiger partial charge in [0.05, 0.1) is 18.7 Å². The molecule has 1 aliphatic heterocycles. The lowest BCUT2D eigenvalue weighted by Gasteiger charge is -2.44. The van der Waals surface area contributed by atoms with E-state index in [1.54, 1.807) is 13.3 Å². The van der Waals surface area contributed by atoms with E-state index in [1.165, 1.54) is 16.7 Å². The summed E-state index contributed by atoms with van der Waals surface area (Å²) >= 11 is 0. The maximum atomic E-state index is 12.0. The third-order valence-corrected chi connectivity index (χ3v) is 8.29. The van der Waals surface area contributed by atoms with Crippen molar-refractivity contribution < 1.29 is 9.84 Å². The average Bonchev–Trinajstić information content (AvgIpc) is 2.98. The summed E-state index contributed by atoms with van der Waals surface area (Å²) in [7, 11) is 1.67. The Balaban J connectivity index is 1.44. The molecule has 4 heteroatoms. The number of aromatic nitrogens is 1. The summed E-state index contributed by atoms with van der Waals surface area (Å²) in [5, 5.41) is 12.9. The minimum absolute atomic E-state index is 0.00616. The van der Waals surface area contributed by atoms with Crippen LogP contribution in [-0.2, 0) is 6.54 Å². The van der Waals surface area contributed by atoms with Crippen LogP contribution in [0.4, 0.5) is 0 Å². The largest absolute Gasteiger partial charge is 0.497 e. The predicted octanol–water partition coefficient (Wildman–Crippen LogP) is 7.44. The molecular weight excluding hydrogens is 468 g/mol. The highest BCUT2D eigenvalue weighted by atomic mass is 16.5. The zero-order valence-electron chi connectivity index (χ0n) is 22.5. The van der Waals surface area contributed by atoms with E-state index in [4.69, 9.17) is 4.74 Å². The van der Waals surface area contributed by atoms with Crippen molar-refractivity contribution in [2.24, 2.45) is 11.8 Å². The second kappa shape index (κ2) is 11.9. The Morgan fingerprint density at radius 3 is 2.53 bits per heavy atom. The Kier molecular flexibility index (Phi) is 8.21. The van der Waals surface area contributed by atoms with E-state index < -0.39 is 6.10 Å². The van der Waals surface area contributed by atoms with Crippen LogP contribution < -0.4 is 4.74 Å². The van der Waals surface area contributed by atoms with Gasteiger partial charge >= 0.3 is 0 Å². The molecule has 1 saturated heterocycles. The summed E-state index contributed by atoms with van der Waals surface area (Å²) in [5.41, 5.74) is 5.49. The van der Waals surface area contributed by atoms with Crippen molar-refractivity contribution in [1.82, 2.24) is 9.88 Å². The Bertz CT molecular complexity index is 1350. The Morgan fingerprint density at radius 2 is 1.82 bits per heavy atom. The number of likely N-dealkylation sites (tertiary alicyclic amines) is 1. The Hall–Kier alpha value is -3.47. The van der Waals surface area contributed by atoms with Crippen LogP contribution in [0.15, 0.2) is 97.7 Å². The molecular formula is C34H38N2O2. The average molecular weight is 507 g/mol. The number of benzene rings is 3. The lowest BCUT2D eigenvalue weighted by Crippen LogP contribution is -2.46. The molecule has 1 N–H and O–H groups in total. The van der Waals surface area contributed by atoms with Gasteiger partial charge in [-0.1, -0.05) is 67.6 Å². The number of hydrogen-bond donors (Lipinski definition) is 1. The zero-order valence-corrected chi connectivity index (χ0v) is 22.5. The molecule has 0 spiro atoms. The molecule has 0 saturated carbocycles. The summed E-state index contributed by atoms with van der Waals surface area (Å²) in [5.74, 6) is 1.75. The third kappa shape index (κ3) is 5.52. The number of rotatable bonds is 9. The molecule has 4 atom stereocenters. The number of aliphatic hydroxyl groups is 1. The van der Waals surface area contributed by atoms with Crippen LogP contribution >= 0.6 is 0 Å². The van der Waals surface area contributed by atoms with Crippen LogP contribution in [0, 0.1) is 11.8 Å². The minimum atomic E-state index is -0.638. The quantitative estimate of drug-likeness (QED) is 0.240. The normalized spacial score (nSPS) is 19.7. The van der Waals surface area contributed by atoms with Crippen molar-refractivity contribution in [3.8, 4) is 16.9 Å². The van der Waals surface area contributed by atoms with Crippen LogP contribution in [-0.4, -0.2) is 34.7 Å². The zero-order chi connectivity index (χ0) is 26.5. The molecule has 0 bridgehead atoms. The molecule has 0 amide bonds. The first-order valence-corrected chi connectivity index (χ1v) is 13.7. The standard InChI is InChI=1S/C34H38N2O2/c1-4-25(5-2)28-18-20-36(23-24-11-13-27(14-12-24)26-9-7-6-8-10-26)33(21-28)34(37)30-17-19-35-32-16-15-29(38-3)22-31(30)32/h4,6-17,19,22,25,28,33-34,37H,1,5,18,20-21,23H2,2-3H3. The van der Waals surface area contributed by atoms with Gasteiger partial charge in [-0.05, 0) is 84.2 Å². The summed E-state index contributed by atoms with van der Waals surface area (Å²) in [6.07, 6.45) is 6.40. The van der Waals surface area contributed by atoms with E-state index in [0.717, 1.165) is 54.6 Å². The maximum Gasteiger partial charge on any atom is 0.119 e. The lowest BCUT2D eigenvalue weighted by atomic mass is 9.77. The first-order chi connectivity index (χ1) is 18.6. The van der Waals surface area contributed by atoms with Gasteiger partial charge < -0.3 is 9.84 Å². The smallest absolute Gasteiger partial charge is 0.119 e. The van der Waals surface area contributed by atoms with Gasteiger partial charge in [0.15, 0.2) is 0 Å². The molecule has 0 aliphatic carbocycles. The topological polar surface area (TPSA) is 45.6 Å². The Labute approximate surface area is 226 Å². The van der Waals surface area contributed by atoms with Gasteiger partial charge in [-0.3, -0.25) is 9.88 Å². The molecule has 0 radical (unpaired) electrons. The summed E-state index contributed by atoms with van der Waals surface area (Å²) in [6.45, 7) is 8.11. The summed E-state index contributed by atoms with van der Waals surface area (Å²) in [4.78, 5) is 7.01. The van der Waals surface area contributed by atoms with Crippen LogP contribution in [0.3, 0.4) is 0 Å². The SMILES string of the molecule is C=CC(CC)C1CCN(Cc2ccc(-c3ccccc3)cc2)C(C(O)c2ccnc3ccc(OC)cc23)C1. The van der Waals surface area contributed by atoms with Crippen molar-refractivity contribution in [3.05, 3.63) is 109 Å². The fourth-order valence-electron chi connectivity index (χ4n) is 6.09. The molecule has 4 nitrogen and oxygen atoms in total. The molecule has 3 aromatic carbocycles. The van der Waals surface area contributed by atoms with Crippen LogP contribution in [0.5, 0.6) is 5.75 Å². The van der Waals surface area contributed by atoms with Crippen molar-refractivity contribution in [2.45, 2.75) is 44.9 Å². The molecule has 1 fully saturated rings.